The Bertz CT molecular complexity index is 342. The van der Waals surface area contributed by atoms with Crippen LogP contribution in [0.3, 0.4) is 0 Å². The Morgan fingerprint density at radius 3 is 2.50 bits per heavy atom. The average Bonchev–Trinajstić information content (AvgIpc) is 2.55. The molecule has 2 N–H and O–H groups in total. The van der Waals surface area contributed by atoms with Crippen LogP contribution in [0, 0.1) is 0 Å². The molecule has 1 aromatic carbocycles. The Labute approximate surface area is 94.0 Å². The number of alkyl halides is 2. The predicted molar refractivity (Wildman–Crippen MR) is 59.6 cm³/mol. The highest BCUT2D eigenvalue weighted by Crippen LogP contribution is 2.34. The van der Waals surface area contributed by atoms with E-state index in [2.05, 4.69) is 0 Å². The van der Waals surface area contributed by atoms with Gasteiger partial charge < -0.3 is 5.73 Å². The van der Waals surface area contributed by atoms with E-state index in [0.717, 1.165) is 5.56 Å². The summed E-state index contributed by atoms with van der Waals surface area (Å²) in [7, 11) is 1.71. The normalized spacial score (nSPS) is 31.2. The lowest BCUT2D eigenvalue weighted by molar-refractivity contribution is 0.0513. The van der Waals surface area contributed by atoms with Crippen molar-refractivity contribution in [3.63, 3.8) is 0 Å². The summed E-state index contributed by atoms with van der Waals surface area (Å²) in [5.41, 5.74) is 6.86. The molecular weight excluding hydrogens is 210 g/mol. The Kier molecular flexibility index (Phi) is 3.21. The lowest BCUT2D eigenvalue weighted by atomic mass is 9.89. The van der Waals surface area contributed by atoms with Crippen molar-refractivity contribution in [2.24, 2.45) is 5.73 Å². The minimum atomic E-state index is -2.36. The van der Waals surface area contributed by atoms with Crippen molar-refractivity contribution in [2.75, 3.05) is 13.6 Å². The van der Waals surface area contributed by atoms with Crippen LogP contribution in [0.15, 0.2) is 30.3 Å². The fourth-order valence-corrected chi connectivity index (χ4v) is 2.56. The number of nitrogens with zero attached hydrogens (tertiary/aromatic N) is 1. The third-order valence-corrected chi connectivity index (χ3v) is 3.28. The van der Waals surface area contributed by atoms with Gasteiger partial charge in [-0.2, -0.15) is 0 Å². The van der Waals surface area contributed by atoms with Gasteiger partial charge in [0.05, 0.1) is 6.04 Å². The van der Waals surface area contributed by atoms with E-state index in [1.165, 1.54) is 0 Å². The average molecular weight is 226 g/mol. The number of rotatable bonds is 2. The van der Waals surface area contributed by atoms with E-state index in [0.29, 0.717) is 6.54 Å². The fraction of sp³-hybridized carbons (Fsp3) is 0.500. The van der Waals surface area contributed by atoms with Crippen molar-refractivity contribution in [1.82, 2.24) is 4.90 Å². The van der Waals surface area contributed by atoms with Gasteiger partial charge >= 0.3 is 0 Å². The molecule has 1 aliphatic heterocycles. The molecule has 2 rings (SSSR count). The number of nitrogens with two attached hydrogens (primary N) is 1. The minimum Gasteiger partial charge on any atom is -0.326 e. The molecule has 1 aliphatic rings. The summed E-state index contributed by atoms with van der Waals surface area (Å²) in [6.07, 6.45) is -2.36. The molecule has 0 radical (unpaired) electrons. The van der Waals surface area contributed by atoms with E-state index in [-0.39, 0.29) is 12.0 Å². The van der Waals surface area contributed by atoms with Crippen molar-refractivity contribution in [3.8, 4) is 0 Å². The van der Waals surface area contributed by atoms with Crippen LogP contribution in [0.1, 0.15) is 11.5 Å². The molecule has 1 heterocycles. The smallest absolute Gasteiger partial charge is 0.254 e. The molecule has 0 saturated carbocycles. The highest BCUT2D eigenvalue weighted by atomic mass is 19.3. The minimum absolute atomic E-state index is 0.216. The Morgan fingerprint density at radius 2 is 1.94 bits per heavy atom. The molecule has 16 heavy (non-hydrogen) atoms. The van der Waals surface area contributed by atoms with Crippen LogP contribution < -0.4 is 5.73 Å². The van der Waals surface area contributed by atoms with Gasteiger partial charge in [-0.25, -0.2) is 8.78 Å². The van der Waals surface area contributed by atoms with E-state index in [1.54, 1.807) is 11.9 Å². The summed E-state index contributed by atoms with van der Waals surface area (Å²) in [5, 5.41) is 0. The molecular formula is C12H16F2N2. The SMILES string of the molecule is CN1C[C@H](N)[C@@H](c2ccccc2)[C@H]1C(F)F. The topological polar surface area (TPSA) is 29.3 Å². The molecule has 0 unspecified atom stereocenters. The molecule has 3 atom stereocenters. The molecule has 4 heteroatoms. The molecule has 0 amide bonds. The second kappa shape index (κ2) is 4.47. The van der Waals surface area contributed by atoms with Gasteiger partial charge in [-0.1, -0.05) is 30.3 Å². The molecule has 1 fully saturated rings. The first kappa shape index (κ1) is 11.5. The lowest BCUT2D eigenvalue weighted by Gasteiger charge is -2.25. The third-order valence-electron chi connectivity index (χ3n) is 3.28. The number of halogens is 2. The first-order valence-electron chi connectivity index (χ1n) is 5.40. The van der Waals surface area contributed by atoms with Gasteiger partial charge in [-0.05, 0) is 12.6 Å². The first-order valence-corrected chi connectivity index (χ1v) is 5.40. The van der Waals surface area contributed by atoms with Crippen molar-refractivity contribution < 1.29 is 8.78 Å². The largest absolute Gasteiger partial charge is 0.326 e. The van der Waals surface area contributed by atoms with Crippen LogP contribution in [-0.2, 0) is 0 Å². The number of benzene rings is 1. The maximum atomic E-state index is 13.0. The van der Waals surface area contributed by atoms with Crippen LogP contribution >= 0.6 is 0 Å². The maximum Gasteiger partial charge on any atom is 0.254 e. The summed E-state index contributed by atoms with van der Waals surface area (Å²) in [5.74, 6) is -0.272. The van der Waals surface area contributed by atoms with Crippen LogP contribution in [0.25, 0.3) is 0 Å². The predicted octanol–water partition coefficient (Wildman–Crippen LogP) is 1.68. The van der Waals surface area contributed by atoms with Crippen molar-refractivity contribution in [2.45, 2.75) is 24.4 Å². The summed E-state index contributed by atoms with van der Waals surface area (Å²) in [4.78, 5) is 1.66. The maximum absolute atomic E-state index is 13.0. The van der Waals surface area contributed by atoms with Gasteiger partial charge in [0.15, 0.2) is 0 Å². The number of likely N-dealkylation sites (tertiary alicyclic amines) is 1. The summed E-state index contributed by atoms with van der Waals surface area (Å²) in [6.45, 7) is 0.522. The zero-order valence-electron chi connectivity index (χ0n) is 9.18. The third kappa shape index (κ3) is 1.95. The monoisotopic (exact) mass is 226 g/mol. The van der Waals surface area contributed by atoms with Crippen LogP contribution in [0.5, 0.6) is 0 Å². The Balaban J connectivity index is 2.31. The Morgan fingerprint density at radius 1 is 1.31 bits per heavy atom. The van der Waals surface area contributed by atoms with E-state index >= 15 is 0 Å². The zero-order chi connectivity index (χ0) is 11.7. The molecule has 2 nitrogen and oxygen atoms in total. The Hall–Kier alpha value is -1.00. The van der Waals surface area contributed by atoms with E-state index in [1.807, 2.05) is 30.3 Å². The molecule has 0 bridgehead atoms. The van der Waals surface area contributed by atoms with Gasteiger partial charge in [0, 0.05) is 18.5 Å². The van der Waals surface area contributed by atoms with Crippen molar-refractivity contribution in [1.29, 1.82) is 0 Å². The second-order valence-corrected chi connectivity index (χ2v) is 4.36. The number of hydrogen-bond donors (Lipinski definition) is 1. The quantitative estimate of drug-likeness (QED) is 0.831. The summed E-state index contributed by atoms with van der Waals surface area (Å²) in [6, 6.07) is 8.37. The molecule has 1 aromatic rings. The summed E-state index contributed by atoms with van der Waals surface area (Å²) >= 11 is 0. The van der Waals surface area contributed by atoms with Crippen LogP contribution in [-0.4, -0.2) is 37.0 Å². The number of likely N-dealkylation sites (N-methyl/N-ethyl adjacent to an activating group) is 1. The van der Waals surface area contributed by atoms with E-state index in [9.17, 15) is 8.78 Å². The van der Waals surface area contributed by atoms with Gasteiger partial charge in [0.1, 0.15) is 0 Å². The highest BCUT2D eigenvalue weighted by Gasteiger charge is 2.43. The fourth-order valence-electron chi connectivity index (χ4n) is 2.56. The molecule has 0 spiro atoms. The standard InChI is InChI=1S/C12H16F2N2/c1-16-7-9(15)10(11(16)12(13)14)8-5-3-2-4-6-8/h2-6,9-12H,7,15H2,1H3/t9-,10+,11-/m0/s1. The second-order valence-electron chi connectivity index (χ2n) is 4.36. The van der Waals surface area contributed by atoms with Gasteiger partial charge in [0.2, 0.25) is 0 Å². The number of hydrogen-bond acceptors (Lipinski definition) is 2. The molecule has 0 aliphatic carbocycles. The molecule has 1 saturated heterocycles. The van der Waals surface area contributed by atoms with Crippen LogP contribution in [0.2, 0.25) is 0 Å². The van der Waals surface area contributed by atoms with Gasteiger partial charge in [-0.3, -0.25) is 4.90 Å². The van der Waals surface area contributed by atoms with Crippen molar-refractivity contribution >= 4 is 0 Å². The highest BCUT2D eigenvalue weighted by molar-refractivity contribution is 5.25. The van der Waals surface area contributed by atoms with Gasteiger partial charge in [0.25, 0.3) is 6.43 Å². The zero-order valence-corrected chi connectivity index (χ0v) is 9.18. The van der Waals surface area contributed by atoms with Crippen LogP contribution in [0.4, 0.5) is 8.78 Å². The first-order chi connectivity index (χ1) is 7.61. The van der Waals surface area contributed by atoms with Crippen molar-refractivity contribution in [3.05, 3.63) is 35.9 Å². The molecule has 88 valence electrons. The summed E-state index contributed by atoms with van der Waals surface area (Å²) < 4.78 is 26.0. The van der Waals surface area contributed by atoms with Gasteiger partial charge in [-0.15, -0.1) is 0 Å². The lowest BCUT2D eigenvalue weighted by Crippen LogP contribution is -2.36. The van der Waals surface area contributed by atoms with E-state index in [4.69, 9.17) is 5.73 Å². The van der Waals surface area contributed by atoms with E-state index < -0.39 is 12.5 Å². The molecule has 0 aromatic heterocycles.